The summed E-state index contributed by atoms with van der Waals surface area (Å²) in [5, 5.41) is 3.82. The summed E-state index contributed by atoms with van der Waals surface area (Å²) in [6.07, 6.45) is 1.06. The lowest BCUT2D eigenvalue weighted by Gasteiger charge is -2.27. The van der Waals surface area contributed by atoms with Gasteiger partial charge in [-0.2, -0.15) is 5.10 Å². The Kier molecular flexibility index (Phi) is 6.56. The Labute approximate surface area is 137 Å². The highest BCUT2D eigenvalue weighted by Crippen LogP contribution is 2.24. The van der Waals surface area contributed by atoms with E-state index in [-0.39, 0.29) is 0 Å². The van der Waals surface area contributed by atoms with Crippen molar-refractivity contribution in [2.75, 3.05) is 17.2 Å². The molecule has 0 aliphatic rings. The first-order chi connectivity index (χ1) is 10.7. The zero-order valence-corrected chi connectivity index (χ0v) is 14.8. The minimum Gasteiger partial charge on any atom is -0.494 e. The van der Waals surface area contributed by atoms with Crippen molar-refractivity contribution in [1.82, 2.24) is 5.43 Å². The maximum atomic E-state index is 12.1. The van der Waals surface area contributed by atoms with Gasteiger partial charge in [-0.15, -0.1) is 0 Å². The largest absolute Gasteiger partial charge is 0.494 e. The van der Waals surface area contributed by atoms with Crippen LogP contribution in [0.5, 0.6) is 5.75 Å². The van der Waals surface area contributed by atoms with E-state index in [2.05, 4.69) is 10.5 Å². The summed E-state index contributed by atoms with van der Waals surface area (Å²) in [7, 11) is -3.64. The number of hydrogen-bond acceptors (Lipinski definition) is 5. The normalized spacial score (nSPS) is 12.2. The number of sulfonamides is 1. The van der Waals surface area contributed by atoms with Crippen molar-refractivity contribution in [2.24, 2.45) is 5.10 Å². The van der Waals surface area contributed by atoms with Gasteiger partial charge in [0.05, 0.1) is 18.6 Å². The van der Waals surface area contributed by atoms with Crippen molar-refractivity contribution in [3.63, 3.8) is 0 Å². The number of carbonyl (C=O) groups excluding carboxylic acids is 1. The van der Waals surface area contributed by atoms with Crippen LogP contribution in [-0.4, -0.2) is 38.9 Å². The lowest BCUT2D eigenvalue weighted by atomic mass is 10.2. The Morgan fingerprint density at radius 3 is 2.30 bits per heavy atom. The Hall–Kier alpha value is -2.09. The van der Waals surface area contributed by atoms with Gasteiger partial charge in [0.1, 0.15) is 11.8 Å². The molecule has 7 nitrogen and oxygen atoms in total. The van der Waals surface area contributed by atoms with E-state index >= 15 is 0 Å². The molecule has 1 atom stereocenters. The monoisotopic (exact) mass is 341 g/mol. The molecule has 1 rings (SSSR count). The average Bonchev–Trinajstić information content (AvgIpc) is 2.45. The van der Waals surface area contributed by atoms with Gasteiger partial charge < -0.3 is 4.74 Å². The van der Waals surface area contributed by atoms with E-state index in [1.54, 1.807) is 38.1 Å². The zero-order chi connectivity index (χ0) is 17.6. The topological polar surface area (TPSA) is 88.1 Å². The highest BCUT2D eigenvalue weighted by molar-refractivity contribution is 7.92. The summed E-state index contributed by atoms with van der Waals surface area (Å²) >= 11 is 0. The fourth-order valence-corrected chi connectivity index (χ4v) is 3.10. The molecule has 1 N–H and O–H groups in total. The molecule has 0 aromatic heterocycles. The van der Waals surface area contributed by atoms with Gasteiger partial charge in [0.2, 0.25) is 10.0 Å². The molecule has 1 amide bonds. The Bertz CT molecular complexity index is 664. The average molecular weight is 341 g/mol. The van der Waals surface area contributed by atoms with Crippen molar-refractivity contribution in [1.29, 1.82) is 0 Å². The minimum absolute atomic E-state index is 0.385. The summed E-state index contributed by atoms with van der Waals surface area (Å²) in [5.74, 6) is 0.124. The number of hydrogen-bond donors (Lipinski definition) is 1. The van der Waals surface area contributed by atoms with Crippen LogP contribution in [0.15, 0.2) is 29.4 Å². The molecule has 128 valence electrons. The lowest BCUT2D eigenvalue weighted by molar-refractivity contribution is -0.121. The van der Waals surface area contributed by atoms with Crippen LogP contribution >= 0.6 is 0 Å². The zero-order valence-electron chi connectivity index (χ0n) is 14.0. The number of carbonyl (C=O) groups is 1. The highest BCUT2D eigenvalue weighted by Gasteiger charge is 2.29. The Morgan fingerprint density at radius 2 is 1.87 bits per heavy atom. The predicted molar refractivity (Wildman–Crippen MR) is 91.3 cm³/mol. The fraction of sp³-hybridized carbons (Fsp3) is 0.467. The quantitative estimate of drug-likeness (QED) is 0.604. The minimum atomic E-state index is -3.64. The van der Waals surface area contributed by atoms with E-state index in [0.29, 0.717) is 23.8 Å². The number of rotatable bonds is 7. The van der Waals surface area contributed by atoms with Gasteiger partial charge in [0, 0.05) is 5.71 Å². The molecule has 0 bridgehead atoms. The van der Waals surface area contributed by atoms with Crippen molar-refractivity contribution in [2.45, 2.75) is 33.7 Å². The van der Waals surface area contributed by atoms with Crippen molar-refractivity contribution >= 4 is 27.3 Å². The summed E-state index contributed by atoms with van der Waals surface area (Å²) in [4.78, 5) is 12.1. The standard InChI is InChI=1S/C15H23N3O4S/c1-6-22-14-9-7-13(8-10-14)18(23(5,20)21)12(4)15(19)17-16-11(2)3/h7-10,12H,6H2,1-5H3,(H,17,19)/t12-/m1/s1. The molecule has 1 aromatic carbocycles. The predicted octanol–water partition coefficient (Wildman–Crippen LogP) is 1.75. The van der Waals surface area contributed by atoms with Gasteiger partial charge in [0.15, 0.2) is 0 Å². The van der Waals surface area contributed by atoms with Crippen LogP contribution in [0.25, 0.3) is 0 Å². The second kappa shape index (κ2) is 7.96. The first-order valence-corrected chi connectivity index (χ1v) is 9.04. The van der Waals surface area contributed by atoms with Gasteiger partial charge in [-0.1, -0.05) is 0 Å². The molecular formula is C15H23N3O4S. The van der Waals surface area contributed by atoms with E-state index in [9.17, 15) is 13.2 Å². The molecule has 0 spiro atoms. The van der Waals surface area contributed by atoms with Crippen LogP contribution in [0.2, 0.25) is 0 Å². The molecule has 0 heterocycles. The van der Waals surface area contributed by atoms with Crippen LogP contribution in [-0.2, 0) is 14.8 Å². The van der Waals surface area contributed by atoms with Crippen LogP contribution in [0.4, 0.5) is 5.69 Å². The van der Waals surface area contributed by atoms with Crippen molar-refractivity contribution < 1.29 is 17.9 Å². The number of amides is 1. The van der Waals surface area contributed by atoms with Crippen LogP contribution < -0.4 is 14.5 Å². The maximum Gasteiger partial charge on any atom is 0.263 e. The first-order valence-electron chi connectivity index (χ1n) is 7.19. The summed E-state index contributed by atoms with van der Waals surface area (Å²) in [5.41, 5.74) is 3.40. The van der Waals surface area contributed by atoms with E-state index < -0.39 is 22.0 Å². The molecule has 0 saturated carbocycles. The number of anilines is 1. The molecular weight excluding hydrogens is 318 g/mol. The molecule has 0 fully saturated rings. The van der Waals surface area contributed by atoms with Gasteiger partial charge >= 0.3 is 0 Å². The molecule has 0 unspecified atom stereocenters. The molecule has 0 aliphatic carbocycles. The third-order valence-electron chi connectivity index (χ3n) is 2.88. The van der Waals surface area contributed by atoms with E-state index in [1.807, 2.05) is 6.92 Å². The number of nitrogens with one attached hydrogen (secondary N) is 1. The smallest absolute Gasteiger partial charge is 0.263 e. The molecule has 0 aliphatic heterocycles. The number of benzene rings is 1. The number of ether oxygens (including phenoxy) is 1. The number of hydrazone groups is 1. The molecule has 8 heteroatoms. The van der Waals surface area contributed by atoms with Crippen LogP contribution in [0.1, 0.15) is 27.7 Å². The molecule has 1 aromatic rings. The summed E-state index contributed by atoms with van der Waals surface area (Å²) in [6.45, 7) is 7.34. The number of nitrogens with zero attached hydrogens (tertiary/aromatic N) is 2. The lowest BCUT2D eigenvalue weighted by Crippen LogP contribution is -2.46. The second-order valence-corrected chi connectivity index (χ2v) is 7.06. The first kappa shape index (κ1) is 19.0. The highest BCUT2D eigenvalue weighted by atomic mass is 32.2. The third-order valence-corrected chi connectivity index (χ3v) is 4.12. The molecule has 0 radical (unpaired) electrons. The van der Waals surface area contributed by atoms with Gasteiger partial charge in [-0.3, -0.25) is 9.10 Å². The van der Waals surface area contributed by atoms with Crippen LogP contribution in [0.3, 0.4) is 0 Å². The Morgan fingerprint density at radius 1 is 1.30 bits per heavy atom. The van der Waals surface area contributed by atoms with Crippen LogP contribution in [0, 0.1) is 0 Å². The second-order valence-electron chi connectivity index (χ2n) is 5.20. The van der Waals surface area contributed by atoms with Gasteiger partial charge in [-0.25, -0.2) is 13.8 Å². The van der Waals surface area contributed by atoms with Crippen molar-refractivity contribution in [3.05, 3.63) is 24.3 Å². The van der Waals surface area contributed by atoms with E-state index in [4.69, 9.17) is 4.74 Å². The maximum absolute atomic E-state index is 12.1. The Balaban J connectivity index is 3.10. The van der Waals surface area contributed by atoms with Gasteiger partial charge in [0.25, 0.3) is 5.91 Å². The SMILES string of the molecule is CCOc1ccc(N([C@H](C)C(=O)NN=C(C)C)S(C)(=O)=O)cc1. The van der Waals surface area contributed by atoms with Crippen molar-refractivity contribution in [3.8, 4) is 5.75 Å². The summed E-state index contributed by atoms with van der Waals surface area (Å²) < 4.78 is 30.6. The van der Waals surface area contributed by atoms with E-state index in [1.165, 1.54) is 6.92 Å². The van der Waals surface area contributed by atoms with Gasteiger partial charge in [-0.05, 0) is 52.0 Å². The fourth-order valence-electron chi connectivity index (χ4n) is 1.93. The third kappa shape index (κ3) is 5.55. The molecule has 23 heavy (non-hydrogen) atoms. The van der Waals surface area contributed by atoms with E-state index in [0.717, 1.165) is 10.6 Å². The molecule has 0 saturated heterocycles. The summed E-state index contributed by atoms with van der Waals surface area (Å²) in [6, 6.07) is 5.59.